The lowest BCUT2D eigenvalue weighted by molar-refractivity contribution is 0.801. The number of thiocarbonyl (C=S) groups is 1. The van der Waals surface area contributed by atoms with Crippen LogP contribution in [0.25, 0.3) is 10.2 Å². The van der Waals surface area contributed by atoms with Crippen LogP contribution in [0.4, 0.5) is 0 Å². The van der Waals surface area contributed by atoms with Crippen molar-refractivity contribution in [3.05, 3.63) is 65.2 Å². The molecular formula is C18H19N3S2. The average molecular weight is 342 g/mol. The van der Waals surface area contributed by atoms with Gasteiger partial charge in [-0.3, -0.25) is 0 Å². The van der Waals surface area contributed by atoms with Crippen LogP contribution in [-0.4, -0.2) is 23.2 Å². The molecule has 5 heteroatoms. The molecule has 0 spiro atoms. The van der Waals surface area contributed by atoms with E-state index in [9.17, 15) is 0 Å². The van der Waals surface area contributed by atoms with Crippen LogP contribution in [0, 0.1) is 0 Å². The molecule has 2 N–H and O–H groups in total. The Hall–Kier alpha value is -1.98. The van der Waals surface area contributed by atoms with Gasteiger partial charge in [0.25, 0.3) is 0 Å². The van der Waals surface area contributed by atoms with Crippen molar-refractivity contribution in [2.45, 2.75) is 12.8 Å². The maximum absolute atomic E-state index is 5.31. The molecule has 3 aromatic rings. The molecular weight excluding hydrogens is 322 g/mol. The van der Waals surface area contributed by atoms with Gasteiger partial charge in [-0.25, -0.2) is 4.98 Å². The summed E-state index contributed by atoms with van der Waals surface area (Å²) in [5, 5.41) is 8.35. The number of rotatable bonds is 6. The van der Waals surface area contributed by atoms with E-state index in [1.165, 1.54) is 10.3 Å². The summed E-state index contributed by atoms with van der Waals surface area (Å²) in [7, 11) is 0. The van der Waals surface area contributed by atoms with Gasteiger partial charge in [0.15, 0.2) is 5.11 Å². The number of hydrogen-bond donors (Lipinski definition) is 2. The smallest absolute Gasteiger partial charge is 0.166 e. The second-order valence-electron chi connectivity index (χ2n) is 5.24. The highest BCUT2D eigenvalue weighted by molar-refractivity contribution is 7.80. The van der Waals surface area contributed by atoms with Gasteiger partial charge in [-0.2, -0.15) is 0 Å². The molecule has 0 saturated carbocycles. The minimum absolute atomic E-state index is 0.710. The zero-order valence-electron chi connectivity index (χ0n) is 12.8. The average Bonchev–Trinajstić information content (AvgIpc) is 2.98. The molecule has 0 saturated heterocycles. The molecule has 0 bridgehead atoms. The molecule has 0 fully saturated rings. The number of fused-ring (bicyclic) bond motifs is 1. The number of nitrogens with zero attached hydrogens (tertiary/aromatic N) is 1. The van der Waals surface area contributed by atoms with E-state index in [1.807, 2.05) is 18.2 Å². The fourth-order valence-electron chi connectivity index (χ4n) is 2.34. The monoisotopic (exact) mass is 341 g/mol. The van der Waals surface area contributed by atoms with Gasteiger partial charge in [0, 0.05) is 19.5 Å². The predicted molar refractivity (Wildman–Crippen MR) is 102 cm³/mol. The first-order chi connectivity index (χ1) is 11.3. The minimum Gasteiger partial charge on any atom is -0.362 e. The molecule has 2 aromatic carbocycles. The molecule has 23 heavy (non-hydrogen) atoms. The lowest BCUT2D eigenvalue weighted by Crippen LogP contribution is -2.37. The molecule has 0 aliphatic rings. The second-order valence-corrected chi connectivity index (χ2v) is 6.77. The molecule has 0 radical (unpaired) electrons. The van der Waals surface area contributed by atoms with Gasteiger partial charge in [-0.1, -0.05) is 42.5 Å². The summed E-state index contributed by atoms with van der Waals surface area (Å²) >= 11 is 7.06. The summed E-state index contributed by atoms with van der Waals surface area (Å²) in [6.45, 7) is 1.65. The second kappa shape index (κ2) is 8.04. The van der Waals surface area contributed by atoms with E-state index in [-0.39, 0.29) is 0 Å². The van der Waals surface area contributed by atoms with Crippen LogP contribution in [0.3, 0.4) is 0 Å². The van der Waals surface area contributed by atoms with Crippen molar-refractivity contribution in [3.8, 4) is 0 Å². The van der Waals surface area contributed by atoms with Crippen molar-refractivity contribution in [1.29, 1.82) is 0 Å². The summed E-state index contributed by atoms with van der Waals surface area (Å²) in [6, 6.07) is 18.7. The standard InChI is InChI=1S/C18H19N3S2/c22-18(19-12-10-14-6-2-1-3-7-14)20-13-11-17-21-15-8-4-5-9-16(15)23-17/h1-9H,10-13H2,(H2,19,20,22). The Morgan fingerprint density at radius 2 is 1.61 bits per heavy atom. The molecule has 3 rings (SSSR count). The van der Waals surface area contributed by atoms with Crippen LogP contribution in [0.5, 0.6) is 0 Å². The van der Waals surface area contributed by atoms with Gasteiger partial charge in [-0.05, 0) is 36.3 Å². The van der Waals surface area contributed by atoms with Crippen molar-refractivity contribution in [2.75, 3.05) is 13.1 Å². The first-order valence-electron chi connectivity index (χ1n) is 7.71. The van der Waals surface area contributed by atoms with E-state index in [4.69, 9.17) is 12.2 Å². The van der Waals surface area contributed by atoms with Crippen LogP contribution in [0.1, 0.15) is 10.6 Å². The lowest BCUT2D eigenvalue weighted by Gasteiger charge is -2.09. The van der Waals surface area contributed by atoms with Crippen LogP contribution in [-0.2, 0) is 12.8 Å². The fourth-order valence-corrected chi connectivity index (χ4v) is 3.51. The number of hydrogen-bond acceptors (Lipinski definition) is 3. The summed E-state index contributed by atoms with van der Waals surface area (Å²) in [5.41, 5.74) is 2.40. The summed E-state index contributed by atoms with van der Waals surface area (Å²) in [6.07, 6.45) is 1.86. The predicted octanol–water partition coefficient (Wildman–Crippen LogP) is 3.55. The van der Waals surface area contributed by atoms with Crippen molar-refractivity contribution in [2.24, 2.45) is 0 Å². The van der Waals surface area contributed by atoms with Crippen molar-refractivity contribution < 1.29 is 0 Å². The van der Waals surface area contributed by atoms with E-state index in [2.05, 4.69) is 52.0 Å². The Kier molecular flexibility index (Phi) is 5.56. The van der Waals surface area contributed by atoms with Gasteiger partial charge < -0.3 is 10.6 Å². The number of thiazole rings is 1. The molecule has 1 aromatic heterocycles. The fraction of sp³-hybridized carbons (Fsp3) is 0.222. The maximum Gasteiger partial charge on any atom is 0.166 e. The normalized spacial score (nSPS) is 10.6. The topological polar surface area (TPSA) is 37.0 Å². The molecule has 0 atom stereocenters. The van der Waals surface area contributed by atoms with Gasteiger partial charge in [-0.15, -0.1) is 11.3 Å². The SMILES string of the molecule is S=C(NCCc1ccccc1)NCCc1nc2ccccc2s1. The third-order valence-corrected chi connectivity index (χ3v) is 4.89. The van der Waals surface area contributed by atoms with Crippen LogP contribution >= 0.6 is 23.6 Å². The van der Waals surface area contributed by atoms with Crippen LogP contribution < -0.4 is 10.6 Å². The minimum atomic E-state index is 0.710. The highest BCUT2D eigenvalue weighted by Gasteiger charge is 2.03. The Bertz CT molecular complexity index is 735. The maximum atomic E-state index is 5.31. The summed E-state index contributed by atoms with van der Waals surface area (Å²) in [5.74, 6) is 0. The van der Waals surface area contributed by atoms with Gasteiger partial charge in [0.1, 0.15) is 0 Å². The summed E-state index contributed by atoms with van der Waals surface area (Å²) in [4.78, 5) is 4.63. The van der Waals surface area contributed by atoms with E-state index in [0.717, 1.165) is 36.5 Å². The van der Waals surface area contributed by atoms with Gasteiger partial charge in [0.05, 0.1) is 15.2 Å². The van der Waals surface area contributed by atoms with E-state index in [1.54, 1.807) is 11.3 Å². The quantitative estimate of drug-likeness (QED) is 0.673. The highest BCUT2D eigenvalue weighted by Crippen LogP contribution is 2.21. The largest absolute Gasteiger partial charge is 0.362 e. The van der Waals surface area contributed by atoms with Crippen molar-refractivity contribution in [1.82, 2.24) is 15.6 Å². The number of benzene rings is 2. The Morgan fingerprint density at radius 3 is 2.39 bits per heavy atom. The van der Waals surface area contributed by atoms with Crippen molar-refractivity contribution in [3.63, 3.8) is 0 Å². The Morgan fingerprint density at radius 1 is 0.913 bits per heavy atom. The lowest BCUT2D eigenvalue weighted by atomic mass is 10.1. The van der Waals surface area contributed by atoms with Crippen molar-refractivity contribution >= 4 is 38.9 Å². The molecule has 118 valence electrons. The third-order valence-electron chi connectivity index (χ3n) is 3.50. The highest BCUT2D eigenvalue weighted by atomic mass is 32.1. The number of para-hydroxylation sites is 1. The molecule has 0 aliphatic heterocycles. The van der Waals surface area contributed by atoms with E-state index >= 15 is 0 Å². The first-order valence-corrected chi connectivity index (χ1v) is 8.94. The molecule has 0 aliphatic carbocycles. The molecule has 3 nitrogen and oxygen atoms in total. The Balaban J connectivity index is 1.37. The van der Waals surface area contributed by atoms with E-state index in [0.29, 0.717) is 5.11 Å². The first kappa shape index (κ1) is 15.9. The van der Waals surface area contributed by atoms with Crippen LogP contribution in [0.2, 0.25) is 0 Å². The molecule has 0 unspecified atom stereocenters. The summed E-state index contributed by atoms with van der Waals surface area (Å²) < 4.78 is 1.24. The third kappa shape index (κ3) is 4.74. The van der Waals surface area contributed by atoms with E-state index < -0.39 is 0 Å². The van der Waals surface area contributed by atoms with Gasteiger partial charge in [0.2, 0.25) is 0 Å². The molecule has 1 heterocycles. The zero-order chi connectivity index (χ0) is 15.9. The molecule has 0 amide bonds. The van der Waals surface area contributed by atoms with Gasteiger partial charge >= 0.3 is 0 Å². The number of aromatic nitrogens is 1. The number of nitrogens with one attached hydrogen (secondary N) is 2. The van der Waals surface area contributed by atoms with Crippen LogP contribution in [0.15, 0.2) is 54.6 Å². The Labute approximate surface area is 145 Å². The zero-order valence-corrected chi connectivity index (χ0v) is 14.4.